The average Bonchev–Trinajstić information content (AvgIpc) is 2.87. The molecule has 0 bridgehead atoms. The van der Waals surface area contributed by atoms with Crippen LogP contribution in [0.15, 0.2) is 24.3 Å². The van der Waals surface area contributed by atoms with Gasteiger partial charge in [0.25, 0.3) is 0 Å². The minimum atomic E-state index is 0.602. The maximum atomic E-state index is 5.82. The third kappa shape index (κ3) is 9.76. The lowest BCUT2D eigenvalue weighted by Gasteiger charge is -2.37. The summed E-state index contributed by atoms with van der Waals surface area (Å²) in [7, 11) is 0. The van der Waals surface area contributed by atoms with Crippen LogP contribution < -0.4 is 4.74 Å². The number of ether oxygens (including phenoxy) is 1. The fraction of sp³-hybridized carbons (Fsp3) is 0.750. The van der Waals surface area contributed by atoms with E-state index in [-0.39, 0.29) is 0 Å². The second-order valence-electron chi connectivity index (χ2n) is 10.9. The van der Waals surface area contributed by atoms with Crippen LogP contribution in [0, 0.1) is 35.5 Å². The van der Waals surface area contributed by atoms with Gasteiger partial charge < -0.3 is 4.74 Å². The average molecular weight is 451 g/mol. The van der Waals surface area contributed by atoms with Crippen molar-refractivity contribution in [2.24, 2.45) is 23.7 Å². The van der Waals surface area contributed by atoms with Gasteiger partial charge in [0.05, 0.1) is 6.61 Å². The highest BCUT2D eigenvalue weighted by Crippen LogP contribution is 2.42. The molecule has 0 spiro atoms. The Morgan fingerprint density at radius 1 is 0.697 bits per heavy atom. The van der Waals surface area contributed by atoms with Gasteiger partial charge in [-0.1, -0.05) is 89.9 Å². The number of unbranched alkanes of at least 4 members (excludes halogenated alkanes) is 6. The molecule has 0 atom stereocenters. The normalized spacial score (nSPS) is 25.3. The van der Waals surface area contributed by atoms with Crippen molar-refractivity contribution in [3.05, 3.63) is 29.8 Å². The molecule has 0 amide bonds. The summed E-state index contributed by atoms with van der Waals surface area (Å²) in [4.78, 5) is 0. The quantitative estimate of drug-likeness (QED) is 0.227. The Morgan fingerprint density at radius 2 is 1.30 bits per heavy atom. The summed E-state index contributed by atoms with van der Waals surface area (Å²) in [6.45, 7) is 5.36. The molecule has 184 valence electrons. The Kier molecular flexibility index (Phi) is 12.3. The number of benzene rings is 1. The van der Waals surface area contributed by atoms with Crippen LogP contribution in [0.25, 0.3) is 0 Å². The zero-order chi connectivity index (χ0) is 23.1. The molecule has 1 aromatic carbocycles. The van der Waals surface area contributed by atoms with Crippen LogP contribution in [0.4, 0.5) is 0 Å². The minimum Gasteiger partial charge on any atom is -0.494 e. The summed E-state index contributed by atoms with van der Waals surface area (Å²) < 4.78 is 5.82. The Labute approximate surface area is 205 Å². The van der Waals surface area contributed by atoms with Gasteiger partial charge in [-0.25, -0.2) is 0 Å². The molecule has 2 aliphatic carbocycles. The first-order chi connectivity index (χ1) is 16.3. The van der Waals surface area contributed by atoms with E-state index in [0.29, 0.717) is 5.92 Å². The molecule has 0 aliphatic heterocycles. The monoisotopic (exact) mass is 450 g/mol. The van der Waals surface area contributed by atoms with Gasteiger partial charge in [-0.15, -0.1) is 0 Å². The topological polar surface area (TPSA) is 9.23 Å². The van der Waals surface area contributed by atoms with Crippen LogP contribution >= 0.6 is 0 Å². The van der Waals surface area contributed by atoms with Gasteiger partial charge in [0.2, 0.25) is 0 Å². The van der Waals surface area contributed by atoms with Gasteiger partial charge in [-0.2, -0.15) is 0 Å². The lowest BCUT2D eigenvalue weighted by molar-refractivity contribution is 0.153. The molecule has 2 saturated carbocycles. The van der Waals surface area contributed by atoms with Gasteiger partial charge in [0, 0.05) is 11.5 Å². The van der Waals surface area contributed by atoms with E-state index in [9.17, 15) is 0 Å². The van der Waals surface area contributed by atoms with Crippen LogP contribution in [0.2, 0.25) is 0 Å². The summed E-state index contributed by atoms with van der Waals surface area (Å²) >= 11 is 0. The summed E-state index contributed by atoms with van der Waals surface area (Å²) in [6.07, 6.45) is 23.8. The molecule has 1 nitrogen and oxygen atoms in total. The highest BCUT2D eigenvalue weighted by molar-refractivity contribution is 5.38. The zero-order valence-electron chi connectivity index (χ0n) is 21.8. The van der Waals surface area contributed by atoms with Crippen LogP contribution in [-0.4, -0.2) is 6.61 Å². The maximum absolute atomic E-state index is 5.82. The molecule has 1 heteroatoms. The van der Waals surface area contributed by atoms with Crippen LogP contribution in [0.1, 0.15) is 129 Å². The molecule has 2 fully saturated rings. The molecule has 3 rings (SSSR count). The number of rotatable bonds is 12. The van der Waals surface area contributed by atoms with Gasteiger partial charge in [-0.3, -0.25) is 0 Å². The van der Waals surface area contributed by atoms with Crippen molar-refractivity contribution < 1.29 is 4.74 Å². The molecule has 0 N–H and O–H groups in total. The Morgan fingerprint density at radius 3 is 1.97 bits per heavy atom. The van der Waals surface area contributed by atoms with Crippen LogP contribution in [0.3, 0.4) is 0 Å². The molecule has 0 saturated heterocycles. The Balaban J connectivity index is 1.31. The molecule has 2 aliphatic rings. The van der Waals surface area contributed by atoms with Crippen molar-refractivity contribution in [3.8, 4) is 17.6 Å². The predicted octanol–water partition coefficient (Wildman–Crippen LogP) is 9.58. The van der Waals surface area contributed by atoms with Gasteiger partial charge in [0.15, 0.2) is 0 Å². The van der Waals surface area contributed by atoms with Gasteiger partial charge in [-0.05, 0) is 87.0 Å². The van der Waals surface area contributed by atoms with E-state index in [1.165, 1.54) is 103 Å². The van der Waals surface area contributed by atoms with Crippen LogP contribution in [-0.2, 0) is 0 Å². The second kappa shape index (κ2) is 15.5. The van der Waals surface area contributed by atoms with E-state index >= 15 is 0 Å². The van der Waals surface area contributed by atoms with E-state index in [1.54, 1.807) is 0 Å². The fourth-order valence-corrected chi connectivity index (χ4v) is 6.08. The molecule has 0 aromatic heterocycles. The molecular formula is C32H50O. The number of hydrogen-bond acceptors (Lipinski definition) is 1. The number of hydrogen-bond donors (Lipinski definition) is 0. The van der Waals surface area contributed by atoms with Crippen molar-refractivity contribution >= 4 is 0 Å². The fourth-order valence-electron chi connectivity index (χ4n) is 6.08. The summed E-state index contributed by atoms with van der Waals surface area (Å²) in [5.74, 6) is 11.7. The highest BCUT2D eigenvalue weighted by atomic mass is 16.5. The SMILES string of the molecule is CCCCCCC[C@H]1CC[C@H]([C@H]2CC[C@H](C#Cc3ccc(OCCCCC)cc3)CC2)CC1. The first-order valence-electron chi connectivity index (χ1n) is 14.5. The van der Waals surface area contributed by atoms with Gasteiger partial charge in [0.1, 0.15) is 5.75 Å². The van der Waals surface area contributed by atoms with Crippen molar-refractivity contribution in [3.63, 3.8) is 0 Å². The largest absolute Gasteiger partial charge is 0.494 e. The van der Waals surface area contributed by atoms with Crippen molar-refractivity contribution in [1.82, 2.24) is 0 Å². The zero-order valence-corrected chi connectivity index (χ0v) is 21.8. The van der Waals surface area contributed by atoms with E-state index < -0.39 is 0 Å². The first-order valence-corrected chi connectivity index (χ1v) is 14.5. The summed E-state index contributed by atoms with van der Waals surface area (Å²) in [6, 6.07) is 8.40. The lowest BCUT2D eigenvalue weighted by Crippen LogP contribution is -2.25. The third-order valence-electron chi connectivity index (χ3n) is 8.34. The van der Waals surface area contributed by atoms with Crippen molar-refractivity contribution in [2.75, 3.05) is 6.61 Å². The smallest absolute Gasteiger partial charge is 0.119 e. The Bertz CT molecular complexity index is 677. The van der Waals surface area contributed by atoms with E-state index in [2.05, 4.69) is 50.0 Å². The lowest BCUT2D eigenvalue weighted by atomic mass is 9.69. The molecule has 0 unspecified atom stereocenters. The molecule has 33 heavy (non-hydrogen) atoms. The molecule has 0 radical (unpaired) electrons. The third-order valence-corrected chi connectivity index (χ3v) is 8.34. The minimum absolute atomic E-state index is 0.602. The summed E-state index contributed by atoms with van der Waals surface area (Å²) in [5.41, 5.74) is 1.13. The van der Waals surface area contributed by atoms with E-state index in [4.69, 9.17) is 4.74 Å². The molecular weight excluding hydrogens is 400 g/mol. The van der Waals surface area contributed by atoms with Gasteiger partial charge >= 0.3 is 0 Å². The van der Waals surface area contributed by atoms with E-state index in [0.717, 1.165) is 42.1 Å². The van der Waals surface area contributed by atoms with Crippen LogP contribution in [0.5, 0.6) is 5.75 Å². The highest BCUT2D eigenvalue weighted by Gasteiger charge is 2.30. The second-order valence-corrected chi connectivity index (χ2v) is 10.9. The standard InChI is InChI=1S/C32H50O/c1-3-5-7-8-9-11-27-14-20-30(21-15-27)31-22-16-28(17-23-31)12-13-29-18-24-32(25-19-29)33-26-10-6-4-2/h18-19,24-25,27-28,30-31H,3-11,14-17,20-23,26H2,1-2H3/t27-,28-,30-,31-. The first kappa shape index (κ1) is 26.2. The molecule has 0 heterocycles. The van der Waals surface area contributed by atoms with E-state index in [1.807, 2.05) is 0 Å². The maximum Gasteiger partial charge on any atom is 0.119 e. The summed E-state index contributed by atoms with van der Waals surface area (Å²) in [5, 5.41) is 0. The van der Waals surface area contributed by atoms with Crippen molar-refractivity contribution in [2.45, 2.75) is 123 Å². The van der Waals surface area contributed by atoms with Crippen molar-refractivity contribution in [1.29, 1.82) is 0 Å². The Hall–Kier alpha value is -1.42. The molecule has 1 aromatic rings. The predicted molar refractivity (Wildman–Crippen MR) is 143 cm³/mol.